The molecule has 7 atom stereocenters. The number of aliphatic carboxylic acids is 1. The van der Waals surface area contributed by atoms with Crippen molar-refractivity contribution in [1.29, 1.82) is 0 Å². The standard InChI is InChI=1S/C45H59N13O10/c46-15-7-6-13-31(40(62)57-35(45(67)68)18-26-22-51-30-12-5-4-11-28(26)30)53-42(64)33(19-27-23-50-24-52-27)55-43(65)36-14-8-16-58(36)44(66)34(21-38(49)60)56-41(63)32(17-25-9-2-1-3-10-25)54-39(61)29(47)20-37(48)59/h1-5,9-12,22-24,29,31-36,51H,6-8,13-21,46-47H2,(H2,48,59)(H2,49,60)(H,50,52)(H,53,64)(H,54,61)(H,55,65)(H,56,63)(H,57,62)(H,67,68)/t29-,31-,32-,33-,34-,35-,36-/m0/s1. The summed E-state index contributed by atoms with van der Waals surface area (Å²) in [6, 6.07) is 6.27. The first-order chi connectivity index (χ1) is 32.5. The van der Waals surface area contributed by atoms with E-state index in [0.29, 0.717) is 36.1 Å². The Kier molecular flexibility index (Phi) is 18.7. The Balaban J connectivity index is 1.32. The molecule has 1 aliphatic rings. The van der Waals surface area contributed by atoms with Crippen LogP contribution in [0.25, 0.3) is 10.9 Å². The summed E-state index contributed by atoms with van der Waals surface area (Å²) in [4.78, 5) is 131. The van der Waals surface area contributed by atoms with E-state index in [-0.39, 0.29) is 45.2 Å². The number of carboxylic acid groups (broad SMARTS) is 1. The van der Waals surface area contributed by atoms with Crippen LogP contribution in [0.2, 0.25) is 0 Å². The molecule has 23 heteroatoms. The van der Waals surface area contributed by atoms with Crippen molar-refractivity contribution in [2.75, 3.05) is 13.1 Å². The average molecular weight is 942 g/mol. The lowest BCUT2D eigenvalue weighted by Gasteiger charge is -2.30. The molecule has 8 amide bonds. The van der Waals surface area contributed by atoms with Gasteiger partial charge in [0.05, 0.1) is 25.2 Å². The summed E-state index contributed by atoms with van der Waals surface area (Å²) in [5.41, 5.74) is 24.8. The van der Waals surface area contributed by atoms with E-state index in [1.165, 1.54) is 12.5 Å². The first kappa shape index (κ1) is 51.3. The molecule has 0 spiro atoms. The van der Waals surface area contributed by atoms with Crippen molar-refractivity contribution in [2.24, 2.45) is 22.9 Å². The molecule has 68 heavy (non-hydrogen) atoms. The van der Waals surface area contributed by atoms with E-state index in [4.69, 9.17) is 22.9 Å². The predicted molar refractivity (Wildman–Crippen MR) is 245 cm³/mol. The van der Waals surface area contributed by atoms with Crippen molar-refractivity contribution in [3.63, 3.8) is 0 Å². The van der Waals surface area contributed by atoms with Gasteiger partial charge < -0.3 is 69.5 Å². The molecule has 2 aromatic carbocycles. The molecule has 0 radical (unpaired) electrons. The molecule has 1 aliphatic heterocycles. The van der Waals surface area contributed by atoms with E-state index in [9.17, 15) is 48.3 Å². The number of rotatable bonds is 26. The highest BCUT2D eigenvalue weighted by Crippen LogP contribution is 2.22. The number of primary amides is 2. The number of H-pyrrole nitrogens is 2. The smallest absolute Gasteiger partial charge is 0.326 e. The zero-order valence-corrected chi connectivity index (χ0v) is 37.3. The number of para-hydroxylation sites is 1. The number of amides is 8. The van der Waals surface area contributed by atoms with Gasteiger partial charge in [-0.15, -0.1) is 0 Å². The highest BCUT2D eigenvalue weighted by molar-refractivity contribution is 5.99. The minimum atomic E-state index is -1.61. The number of nitrogens with one attached hydrogen (secondary N) is 7. The van der Waals surface area contributed by atoms with Crippen molar-refractivity contribution >= 4 is 64.1 Å². The second-order valence-electron chi connectivity index (χ2n) is 16.6. The van der Waals surface area contributed by atoms with Gasteiger partial charge in [0.1, 0.15) is 36.3 Å². The van der Waals surface area contributed by atoms with E-state index in [1.54, 1.807) is 36.5 Å². The van der Waals surface area contributed by atoms with Gasteiger partial charge in [-0.05, 0) is 55.8 Å². The molecule has 0 saturated carbocycles. The number of aromatic nitrogens is 3. The van der Waals surface area contributed by atoms with Crippen molar-refractivity contribution < 1.29 is 48.3 Å². The minimum Gasteiger partial charge on any atom is -0.480 e. The number of fused-ring (bicyclic) bond motifs is 1. The van der Waals surface area contributed by atoms with Gasteiger partial charge in [0, 0.05) is 54.8 Å². The molecule has 3 heterocycles. The number of hydrogen-bond acceptors (Lipinski definition) is 12. The normalized spacial score (nSPS) is 16.0. The molecular weight excluding hydrogens is 883 g/mol. The molecule has 23 nitrogen and oxygen atoms in total. The SMILES string of the molecule is NCCCC[C@H](NC(=O)[C@H](Cc1cnc[nH]1)NC(=O)[C@@H]1CCCN1C(=O)[C@H](CC(N)=O)NC(=O)[C@H](Cc1ccccc1)NC(=O)[C@@H](N)CC(N)=O)C(=O)N[C@@H](Cc1c[nH]c2ccccc12)C(=O)O. The fraction of sp³-hybridized carbons (Fsp3) is 0.422. The number of nitrogens with zero attached hydrogens (tertiary/aromatic N) is 2. The lowest BCUT2D eigenvalue weighted by Crippen LogP contribution is -2.60. The maximum Gasteiger partial charge on any atom is 0.326 e. The first-order valence-electron chi connectivity index (χ1n) is 22.2. The van der Waals surface area contributed by atoms with Crippen molar-refractivity contribution in [1.82, 2.24) is 46.4 Å². The number of carboxylic acids is 1. The van der Waals surface area contributed by atoms with Crippen LogP contribution in [0.15, 0.2) is 73.3 Å². The second kappa shape index (κ2) is 24.7. The third-order valence-electron chi connectivity index (χ3n) is 11.4. The van der Waals surface area contributed by atoms with Crippen LogP contribution in [0.5, 0.6) is 0 Å². The van der Waals surface area contributed by atoms with E-state index >= 15 is 0 Å². The molecule has 1 fully saturated rings. The van der Waals surface area contributed by atoms with Gasteiger partial charge in [0.25, 0.3) is 0 Å². The number of unbranched alkanes of at least 4 members (excludes halogenated alkanes) is 1. The number of carbonyl (C=O) groups is 9. The fourth-order valence-electron chi connectivity index (χ4n) is 7.94. The van der Waals surface area contributed by atoms with Crippen LogP contribution >= 0.6 is 0 Å². The monoisotopic (exact) mass is 941 g/mol. The van der Waals surface area contributed by atoms with E-state index in [2.05, 4.69) is 41.5 Å². The number of carbonyl (C=O) groups excluding carboxylic acids is 8. The Hall–Kier alpha value is -7.66. The largest absolute Gasteiger partial charge is 0.480 e. The van der Waals surface area contributed by atoms with E-state index < -0.39 is 108 Å². The molecule has 1 saturated heterocycles. The van der Waals surface area contributed by atoms with Crippen molar-refractivity contribution in [3.8, 4) is 0 Å². The predicted octanol–water partition coefficient (Wildman–Crippen LogP) is -2.37. The Bertz CT molecular complexity index is 2410. The van der Waals surface area contributed by atoms with Crippen LogP contribution in [0.3, 0.4) is 0 Å². The molecule has 16 N–H and O–H groups in total. The lowest BCUT2D eigenvalue weighted by atomic mass is 10.0. The maximum absolute atomic E-state index is 14.3. The summed E-state index contributed by atoms with van der Waals surface area (Å²) in [5, 5.41) is 23.9. The summed E-state index contributed by atoms with van der Waals surface area (Å²) >= 11 is 0. The number of imidazole rings is 1. The van der Waals surface area contributed by atoms with Crippen LogP contribution in [0, 0.1) is 0 Å². The third-order valence-corrected chi connectivity index (χ3v) is 11.4. The Morgan fingerprint density at radius 2 is 1.35 bits per heavy atom. The Labute approximate surface area is 390 Å². The van der Waals surface area contributed by atoms with Crippen LogP contribution < -0.4 is 49.5 Å². The zero-order valence-electron chi connectivity index (χ0n) is 37.3. The fourth-order valence-corrected chi connectivity index (χ4v) is 7.94. The maximum atomic E-state index is 14.3. The minimum absolute atomic E-state index is 0.0122. The molecule has 0 aliphatic carbocycles. The van der Waals surface area contributed by atoms with E-state index in [0.717, 1.165) is 15.8 Å². The number of nitrogens with two attached hydrogens (primary N) is 4. The Morgan fingerprint density at radius 1 is 0.721 bits per heavy atom. The van der Waals surface area contributed by atoms with Gasteiger partial charge >= 0.3 is 5.97 Å². The van der Waals surface area contributed by atoms with Crippen LogP contribution in [0.4, 0.5) is 0 Å². The summed E-state index contributed by atoms with van der Waals surface area (Å²) in [6.07, 6.45) is 4.35. The molecule has 5 rings (SSSR count). The summed E-state index contributed by atoms with van der Waals surface area (Å²) in [5.74, 6) is -8.10. The first-order valence-corrected chi connectivity index (χ1v) is 22.2. The van der Waals surface area contributed by atoms with Gasteiger partial charge in [-0.2, -0.15) is 0 Å². The van der Waals surface area contributed by atoms with Gasteiger partial charge in [0.2, 0.25) is 47.3 Å². The van der Waals surface area contributed by atoms with Gasteiger partial charge in [0.15, 0.2) is 0 Å². The molecule has 364 valence electrons. The summed E-state index contributed by atoms with van der Waals surface area (Å²) < 4.78 is 0. The van der Waals surface area contributed by atoms with Gasteiger partial charge in [-0.25, -0.2) is 9.78 Å². The molecule has 0 unspecified atom stereocenters. The number of hydrogen-bond donors (Lipinski definition) is 12. The van der Waals surface area contributed by atoms with Gasteiger partial charge in [-0.3, -0.25) is 38.4 Å². The average Bonchev–Trinajstić information content (AvgIpc) is 4.10. The van der Waals surface area contributed by atoms with Crippen molar-refractivity contribution in [2.45, 2.75) is 107 Å². The molecule has 0 bridgehead atoms. The van der Waals surface area contributed by atoms with Gasteiger partial charge in [-0.1, -0.05) is 48.5 Å². The van der Waals surface area contributed by atoms with Crippen molar-refractivity contribution in [3.05, 3.63) is 90.1 Å². The van der Waals surface area contributed by atoms with Crippen LogP contribution in [0.1, 0.15) is 61.8 Å². The van der Waals surface area contributed by atoms with E-state index in [1.807, 2.05) is 24.3 Å². The lowest BCUT2D eigenvalue weighted by molar-refractivity contribution is -0.143. The molecule has 4 aromatic rings. The van der Waals surface area contributed by atoms with Crippen LogP contribution in [-0.4, -0.2) is 134 Å². The summed E-state index contributed by atoms with van der Waals surface area (Å²) in [6.45, 7) is 0.302. The van der Waals surface area contributed by atoms with Crippen LogP contribution in [-0.2, 0) is 62.4 Å². The number of likely N-dealkylation sites (tertiary alicyclic amines) is 1. The number of aromatic amines is 2. The highest BCUT2D eigenvalue weighted by atomic mass is 16.4. The molecular formula is C45H59N13O10. The quantitative estimate of drug-likeness (QED) is 0.0293. The second-order valence-corrected chi connectivity index (χ2v) is 16.6. The third kappa shape index (κ3) is 14.7. The topological polar surface area (TPSA) is 386 Å². The zero-order chi connectivity index (χ0) is 49.3. The number of benzene rings is 2. The Morgan fingerprint density at radius 3 is 2.01 bits per heavy atom. The highest BCUT2D eigenvalue weighted by Gasteiger charge is 2.41. The summed E-state index contributed by atoms with van der Waals surface area (Å²) in [7, 11) is 0. The molecule has 2 aromatic heterocycles.